The van der Waals surface area contributed by atoms with Crippen LogP contribution < -0.4 is 5.73 Å². The number of terminal acetylenes is 1. The van der Waals surface area contributed by atoms with Crippen molar-refractivity contribution in [2.45, 2.75) is 18.9 Å². The van der Waals surface area contributed by atoms with Crippen molar-refractivity contribution >= 4 is 0 Å². The van der Waals surface area contributed by atoms with Crippen LogP contribution in [-0.2, 0) is 6.42 Å². The summed E-state index contributed by atoms with van der Waals surface area (Å²) < 4.78 is 0. The molecule has 16 heavy (non-hydrogen) atoms. The molecule has 2 heteroatoms. The second kappa shape index (κ2) is 6.32. The minimum absolute atomic E-state index is 0.530. The van der Waals surface area contributed by atoms with E-state index in [1.54, 1.807) is 0 Å². The molecule has 1 aromatic rings. The van der Waals surface area contributed by atoms with Crippen molar-refractivity contribution in [1.29, 1.82) is 0 Å². The van der Waals surface area contributed by atoms with Crippen LogP contribution in [0.15, 0.2) is 24.3 Å². The number of rotatable bonds is 2. The number of nitrogens with zero attached hydrogens (tertiary/aromatic N) is 1. The molecular weight excluding hydrogens is 196 g/mol. The van der Waals surface area contributed by atoms with Crippen LogP contribution in [0.25, 0.3) is 0 Å². The molecule has 2 N–H and O–H groups in total. The van der Waals surface area contributed by atoms with Gasteiger partial charge in [-0.1, -0.05) is 30.2 Å². The fourth-order valence-corrected chi connectivity index (χ4v) is 2.25. The predicted octanol–water partition coefficient (Wildman–Crippen LogP) is 1.81. The topological polar surface area (TPSA) is 29.3 Å². The second-order valence-electron chi connectivity index (χ2n) is 3.87. The van der Waals surface area contributed by atoms with Crippen LogP contribution in [0.1, 0.15) is 23.6 Å². The third-order valence-electron chi connectivity index (χ3n) is 2.97. The lowest BCUT2D eigenvalue weighted by atomic mass is 10.1. The van der Waals surface area contributed by atoms with E-state index in [2.05, 4.69) is 47.9 Å². The summed E-state index contributed by atoms with van der Waals surface area (Å²) in [5.41, 5.74) is 7.45. The summed E-state index contributed by atoms with van der Waals surface area (Å²) in [6.07, 6.45) is 7.72. The molecular formula is C14H20N2. The Hall–Kier alpha value is -1.30. The summed E-state index contributed by atoms with van der Waals surface area (Å²) in [6.45, 7) is 0.735. The second-order valence-corrected chi connectivity index (χ2v) is 3.87. The fourth-order valence-electron chi connectivity index (χ4n) is 2.25. The fraction of sp³-hybridized carbons (Fsp3) is 0.429. The molecule has 0 radical (unpaired) electrons. The molecule has 86 valence electrons. The molecule has 1 atom stereocenters. The average Bonchev–Trinajstić information content (AvgIpc) is 2.76. The third-order valence-corrected chi connectivity index (χ3v) is 2.97. The first-order valence-corrected chi connectivity index (χ1v) is 5.62. The van der Waals surface area contributed by atoms with Crippen LogP contribution in [-0.4, -0.2) is 25.5 Å². The van der Waals surface area contributed by atoms with Crippen molar-refractivity contribution in [2.24, 2.45) is 5.73 Å². The lowest BCUT2D eigenvalue weighted by Gasteiger charge is -2.22. The first-order valence-electron chi connectivity index (χ1n) is 5.62. The smallest absolute Gasteiger partial charge is 0.0601 e. The van der Waals surface area contributed by atoms with E-state index in [0.29, 0.717) is 6.04 Å². The van der Waals surface area contributed by atoms with E-state index in [-0.39, 0.29) is 0 Å². The normalized spacial score (nSPS) is 17.3. The van der Waals surface area contributed by atoms with E-state index < -0.39 is 0 Å². The Labute approximate surface area is 98.4 Å². The number of hydrogen-bond acceptors (Lipinski definition) is 2. The summed E-state index contributed by atoms with van der Waals surface area (Å²) in [7, 11) is 3.60. The number of fused-ring (bicyclic) bond motifs is 1. The highest BCUT2D eigenvalue weighted by atomic mass is 15.1. The summed E-state index contributed by atoms with van der Waals surface area (Å²) in [6, 6.07) is 9.20. The zero-order valence-corrected chi connectivity index (χ0v) is 10.1. The van der Waals surface area contributed by atoms with Crippen LogP contribution in [0.2, 0.25) is 0 Å². The van der Waals surface area contributed by atoms with E-state index in [0.717, 1.165) is 6.54 Å². The molecule has 1 aliphatic rings. The van der Waals surface area contributed by atoms with Crippen LogP contribution in [0.5, 0.6) is 0 Å². The molecule has 0 heterocycles. The molecule has 0 bridgehead atoms. The van der Waals surface area contributed by atoms with E-state index >= 15 is 0 Å². The monoisotopic (exact) mass is 216 g/mol. The maximum Gasteiger partial charge on any atom is 0.0601 e. The molecule has 0 amide bonds. The Balaban J connectivity index is 0.000000606. The van der Waals surface area contributed by atoms with Crippen molar-refractivity contribution in [1.82, 2.24) is 4.90 Å². The number of benzene rings is 1. The molecule has 1 aromatic carbocycles. The highest BCUT2D eigenvalue weighted by molar-refractivity contribution is 5.34. The van der Waals surface area contributed by atoms with Gasteiger partial charge in [0.25, 0.3) is 0 Å². The van der Waals surface area contributed by atoms with Gasteiger partial charge in [0.1, 0.15) is 0 Å². The van der Waals surface area contributed by atoms with Gasteiger partial charge in [0.2, 0.25) is 0 Å². The standard InChI is InChI=1S/C13H15N.CH5N/c1-3-10-14(2)13-9-8-11-6-4-5-7-12(11)13;1-2/h1,4-7,13H,8-10H2,2H3;2H2,1H3. The van der Waals surface area contributed by atoms with Crippen LogP contribution in [0.3, 0.4) is 0 Å². The van der Waals surface area contributed by atoms with Crippen molar-refractivity contribution in [2.75, 3.05) is 20.6 Å². The molecule has 0 aliphatic heterocycles. The first-order chi connectivity index (χ1) is 7.83. The maximum absolute atomic E-state index is 5.33. The Morgan fingerprint density at radius 3 is 2.81 bits per heavy atom. The number of hydrogen-bond donors (Lipinski definition) is 1. The van der Waals surface area contributed by atoms with Gasteiger partial charge in [-0.05, 0) is 38.1 Å². The number of nitrogens with two attached hydrogens (primary N) is 1. The van der Waals surface area contributed by atoms with Crippen molar-refractivity contribution < 1.29 is 0 Å². The van der Waals surface area contributed by atoms with Gasteiger partial charge in [-0.2, -0.15) is 0 Å². The molecule has 0 aromatic heterocycles. The zero-order chi connectivity index (χ0) is 12.0. The van der Waals surface area contributed by atoms with Gasteiger partial charge in [-0.15, -0.1) is 6.42 Å². The Morgan fingerprint density at radius 2 is 2.12 bits per heavy atom. The Kier molecular flexibility index (Phi) is 5.04. The van der Waals surface area contributed by atoms with Gasteiger partial charge >= 0.3 is 0 Å². The molecule has 0 spiro atoms. The highest BCUT2D eigenvalue weighted by Gasteiger charge is 2.24. The third kappa shape index (κ3) is 2.63. The molecule has 2 nitrogen and oxygen atoms in total. The largest absolute Gasteiger partial charge is 0.333 e. The van der Waals surface area contributed by atoms with Crippen LogP contribution in [0.4, 0.5) is 0 Å². The SMILES string of the molecule is C#CCN(C)C1CCc2ccccc21.CN. The van der Waals surface area contributed by atoms with E-state index in [1.165, 1.54) is 31.0 Å². The summed E-state index contributed by atoms with van der Waals surface area (Å²) in [5.74, 6) is 2.70. The zero-order valence-electron chi connectivity index (χ0n) is 10.1. The average molecular weight is 216 g/mol. The minimum Gasteiger partial charge on any atom is -0.333 e. The van der Waals surface area contributed by atoms with E-state index in [9.17, 15) is 0 Å². The lowest BCUT2D eigenvalue weighted by molar-refractivity contribution is 0.274. The maximum atomic E-state index is 5.33. The molecule has 1 unspecified atom stereocenters. The molecule has 1 aliphatic carbocycles. The lowest BCUT2D eigenvalue weighted by Crippen LogP contribution is -2.23. The van der Waals surface area contributed by atoms with Gasteiger partial charge < -0.3 is 5.73 Å². The highest BCUT2D eigenvalue weighted by Crippen LogP contribution is 2.34. The molecule has 2 rings (SSSR count). The van der Waals surface area contributed by atoms with Gasteiger partial charge in [-0.3, -0.25) is 4.90 Å². The Bertz CT molecular complexity index is 365. The first kappa shape index (κ1) is 12.8. The predicted molar refractivity (Wildman–Crippen MR) is 69.1 cm³/mol. The van der Waals surface area contributed by atoms with Crippen molar-refractivity contribution in [3.05, 3.63) is 35.4 Å². The van der Waals surface area contributed by atoms with Gasteiger partial charge in [0, 0.05) is 6.04 Å². The van der Waals surface area contributed by atoms with Gasteiger partial charge in [-0.25, -0.2) is 0 Å². The van der Waals surface area contributed by atoms with E-state index in [1.807, 2.05) is 0 Å². The summed E-state index contributed by atoms with van der Waals surface area (Å²) in [5, 5.41) is 0. The Morgan fingerprint density at radius 1 is 1.44 bits per heavy atom. The van der Waals surface area contributed by atoms with Crippen LogP contribution >= 0.6 is 0 Å². The minimum atomic E-state index is 0.530. The quantitative estimate of drug-likeness (QED) is 0.764. The van der Waals surface area contributed by atoms with Crippen molar-refractivity contribution in [3.8, 4) is 12.3 Å². The molecule has 0 saturated heterocycles. The van der Waals surface area contributed by atoms with Crippen molar-refractivity contribution in [3.63, 3.8) is 0 Å². The molecule has 0 fully saturated rings. The summed E-state index contributed by atoms with van der Waals surface area (Å²) >= 11 is 0. The number of aryl methyl sites for hydroxylation is 1. The molecule has 0 saturated carbocycles. The van der Waals surface area contributed by atoms with Gasteiger partial charge in [0.15, 0.2) is 0 Å². The van der Waals surface area contributed by atoms with Gasteiger partial charge in [0.05, 0.1) is 6.54 Å². The van der Waals surface area contributed by atoms with E-state index in [4.69, 9.17) is 6.42 Å². The van der Waals surface area contributed by atoms with Crippen LogP contribution in [0, 0.1) is 12.3 Å². The summed E-state index contributed by atoms with van der Waals surface area (Å²) in [4.78, 5) is 2.26.